The van der Waals surface area contributed by atoms with Gasteiger partial charge >= 0.3 is 0 Å². The van der Waals surface area contributed by atoms with Gasteiger partial charge in [-0.25, -0.2) is 17.7 Å². The molecule has 7 nitrogen and oxygen atoms in total. The number of ether oxygens (including phenoxy) is 2. The van der Waals surface area contributed by atoms with Crippen molar-refractivity contribution in [2.45, 2.75) is 11.4 Å². The van der Waals surface area contributed by atoms with E-state index in [9.17, 15) is 8.42 Å². The van der Waals surface area contributed by atoms with Gasteiger partial charge in [-0.2, -0.15) is 5.10 Å². The van der Waals surface area contributed by atoms with Gasteiger partial charge in [0.05, 0.1) is 30.8 Å². The molecule has 126 valence electrons. The Morgan fingerprint density at radius 1 is 1.12 bits per heavy atom. The number of nitrogens with zero attached hydrogens (tertiary/aromatic N) is 2. The van der Waals surface area contributed by atoms with E-state index in [4.69, 9.17) is 9.47 Å². The van der Waals surface area contributed by atoms with Crippen LogP contribution in [0.4, 0.5) is 0 Å². The Hall–Kier alpha value is -2.58. The summed E-state index contributed by atoms with van der Waals surface area (Å²) in [6.07, 6.45) is 3.45. The number of hydrogen-bond donors (Lipinski definition) is 1. The lowest BCUT2D eigenvalue weighted by Gasteiger charge is -2.10. The average Bonchev–Trinajstić information content (AvgIpc) is 3.02. The van der Waals surface area contributed by atoms with Crippen molar-refractivity contribution < 1.29 is 17.9 Å². The molecule has 0 bridgehead atoms. The van der Waals surface area contributed by atoms with Crippen molar-refractivity contribution in [3.05, 3.63) is 54.4 Å². The van der Waals surface area contributed by atoms with Crippen molar-refractivity contribution in [1.29, 1.82) is 0 Å². The predicted octanol–water partition coefficient (Wildman–Crippen LogP) is 1.83. The minimum absolute atomic E-state index is 0.108. The standard InChI is InChI=1S/C16H17N3O4S/c1-22-15-7-6-13(9-16(15)23-2)24(20,21)18-11-12-10-17-19-8-4-3-5-14(12)19/h3-10,18H,11H2,1-2H3. The number of hydrogen-bond acceptors (Lipinski definition) is 5. The minimum atomic E-state index is -3.69. The van der Waals surface area contributed by atoms with Gasteiger partial charge in [-0.1, -0.05) is 6.07 Å². The zero-order chi connectivity index (χ0) is 17.2. The maximum atomic E-state index is 12.5. The fraction of sp³-hybridized carbons (Fsp3) is 0.188. The van der Waals surface area contributed by atoms with Crippen LogP contribution in [-0.4, -0.2) is 32.3 Å². The summed E-state index contributed by atoms with van der Waals surface area (Å²) >= 11 is 0. The molecule has 0 unspecified atom stereocenters. The lowest BCUT2D eigenvalue weighted by atomic mass is 10.3. The number of pyridine rings is 1. The number of rotatable bonds is 6. The molecule has 0 aliphatic carbocycles. The van der Waals surface area contributed by atoms with Crippen LogP contribution in [0.3, 0.4) is 0 Å². The topological polar surface area (TPSA) is 81.9 Å². The van der Waals surface area contributed by atoms with E-state index in [2.05, 4.69) is 9.82 Å². The molecule has 0 amide bonds. The van der Waals surface area contributed by atoms with Crippen LogP contribution in [0.15, 0.2) is 53.7 Å². The van der Waals surface area contributed by atoms with Crippen LogP contribution in [0.5, 0.6) is 11.5 Å². The number of methoxy groups -OCH3 is 2. The molecule has 3 aromatic rings. The molecule has 2 heterocycles. The third-order valence-electron chi connectivity index (χ3n) is 3.62. The Morgan fingerprint density at radius 2 is 1.92 bits per heavy atom. The second-order valence-electron chi connectivity index (χ2n) is 5.04. The fourth-order valence-corrected chi connectivity index (χ4v) is 3.39. The first-order valence-electron chi connectivity index (χ1n) is 7.18. The van der Waals surface area contributed by atoms with Gasteiger partial charge < -0.3 is 9.47 Å². The van der Waals surface area contributed by atoms with E-state index in [0.717, 1.165) is 11.1 Å². The van der Waals surface area contributed by atoms with Gasteiger partial charge in [-0.15, -0.1) is 0 Å². The van der Waals surface area contributed by atoms with Gasteiger partial charge in [0.2, 0.25) is 10.0 Å². The van der Waals surface area contributed by atoms with Crippen molar-refractivity contribution in [1.82, 2.24) is 14.3 Å². The van der Waals surface area contributed by atoms with Crippen molar-refractivity contribution in [2.24, 2.45) is 0 Å². The molecule has 0 radical (unpaired) electrons. The number of sulfonamides is 1. The first-order chi connectivity index (χ1) is 11.5. The lowest BCUT2D eigenvalue weighted by molar-refractivity contribution is 0.354. The van der Waals surface area contributed by atoms with E-state index < -0.39 is 10.0 Å². The van der Waals surface area contributed by atoms with Crippen molar-refractivity contribution in [3.8, 4) is 11.5 Å². The second-order valence-corrected chi connectivity index (χ2v) is 6.81. The molecular weight excluding hydrogens is 330 g/mol. The molecule has 0 aliphatic heterocycles. The average molecular weight is 347 g/mol. The first kappa shape index (κ1) is 16.3. The highest BCUT2D eigenvalue weighted by molar-refractivity contribution is 7.89. The number of benzene rings is 1. The van der Waals surface area contributed by atoms with Crippen LogP contribution in [0.2, 0.25) is 0 Å². The zero-order valence-corrected chi connectivity index (χ0v) is 14.1. The van der Waals surface area contributed by atoms with Crippen LogP contribution in [0.1, 0.15) is 5.56 Å². The molecular formula is C16H17N3O4S. The van der Waals surface area contributed by atoms with E-state index in [1.807, 2.05) is 24.4 Å². The van der Waals surface area contributed by atoms with E-state index >= 15 is 0 Å². The maximum absolute atomic E-state index is 12.5. The van der Waals surface area contributed by atoms with E-state index in [1.54, 1.807) is 16.8 Å². The van der Waals surface area contributed by atoms with Gasteiger partial charge in [0.25, 0.3) is 0 Å². The Labute approximate surface area is 139 Å². The normalized spacial score (nSPS) is 11.6. The Bertz CT molecular complexity index is 966. The second kappa shape index (κ2) is 6.50. The summed E-state index contributed by atoms with van der Waals surface area (Å²) in [7, 11) is -0.731. The summed E-state index contributed by atoms with van der Waals surface area (Å²) in [6.45, 7) is 0.143. The molecule has 0 saturated carbocycles. The monoisotopic (exact) mass is 347 g/mol. The summed E-state index contributed by atoms with van der Waals surface area (Å²) < 4.78 is 39.5. The molecule has 8 heteroatoms. The van der Waals surface area contributed by atoms with E-state index in [1.165, 1.54) is 26.4 Å². The highest BCUT2D eigenvalue weighted by atomic mass is 32.2. The SMILES string of the molecule is COc1ccc(S(=O)(=O)NCc2cnn3ccccc23)cc1OC. The molecule has 1 N–H and O–H groups in total. The van der Waals surface area contributed by atoms with Gasteiger partial charge in [-0.05, 0) is 24.3 Å². The Balaban J connectivity index is 1.84. The van der Waals surface area contributed by atoms with Crippen LogP contribution in [0.25, 0.3) is 5.52 Å². The summed E-state index contributed by atoms with van der Waals surface area (Å²) in [5, 5.41) is 4.19. The Kier molecular flexibility index (Phi) is 4.41. The summed E-state index contributed by atoms with van der Waals surface area (Å²) in [5.74, 6) is 0.829. The summed E-state index contributed by atoms with van der Waals surface area (Å²) in [6, 6.07) is 10.1. The van der Waals surface area contributed by atoms with Crippen LogP contribution < -0.4 is 14.2 Å². The molecule has 2 aromatic heterocycles. The van der Waals surface area contributed by atoms with E-state index in [-0.39, 0.29) is 11.4 Å². The summed E-state index contributed by atoms with van der Waals surface area (Å²) in [5.41, 5.74) is 1.65. The van der Waals surface area contributed by atoms with Gasteiger partial charge in [-0.3, -0.25) is 0 Å². The van der Waals surface area contributed by atoms with Gasteiger partial charge in [0.15, 0.2) is 11.5 Å². The number of fused-ring (bicyclic) bond motifs is 1. The maximum Gasteiger partial charge on any atom is 0.241 e. The van der Waals surface area contributed by atoms with Crippen molar-refractivity contribution in [3.63, 3.8) is 0 Å². The first-order valence-corrected chi connectivity index (χ1v) is 8.66. The molecule has 0 aliphatic rings. The largest absolute Gasteiger partial charge is 0.493 e. The zero-order valence-electron chi connectivity index (χ0n) is 13.3. The minimum Gasteiger partial charge on any atom is -0.493 e. The third-order valence-corrected chi connectivity index (χ3v) is 5.02. The molecule has 0 saturated heterocycles. The lowest BCUT2D eigenvalue weighted by Crippen LogP contribution is -2.23. The predicted molar refractivity (Wildman–Crippen MR) is 88.8 cm³/mol. The molecule has 0 atom stereocenters. The molecule has 0 fully saturated rings. The number of nitrogens with one attached hydrogen (secondary N) is 1. The Morgan fingerprint density at radius 3 is 2.67 bits per heavy atom. The number of aromatic nitrogens is 2. The third kappa shape index (κ3) is 3.06. The van der Waals surface area contributed by atoms with Crippen LogP contribution in [0, 0.1) is 0 Å². The van der Waals surface area contributed by atoms with Crippen molar-refractivity contribution in [2.75, 3.05) is 14.2 Å². The van der Waals surface area contributed by atoms with Crippen molar-refractivity contribution >= 4 is 15.5 Å². The quantitative estimate of drug-likeness (QED) is 0.736. The summed E-state index contributed by atoms with van der Waals surface area (Å²) in [4.78, 5) is 0.108. The molecule has 0 spiro atoms. The molecule has 24 heavy (non-hydrogen) atoms. The highest BCUT2D eigenvalue weighted by Gasteiger charge is 2.17. The molecule has 1 aromatic carbocycles. The van der Waals surface area contributed by atoms with Gasteiger partial charge in [0, 0.05) is 24.4 Å². The van der Waals surface area contributed by atoms with Crippen LogP contribution in [-0.2, 0) is 16.6 Å². The van der Waals surface area contributed by atoms with Gasteiger partial charge in [0.1, 0.15) is 0 Å². The fourth-order valence-electron chi connectivity index (χ4n) is 2.36. The van der Waals surface area contributed by atoms with Crippen LogP contribution >= 0.6 is 0 Å². The molecule has 3 rings (SSSR count). The highest BCUT2D eigenvalue weighted by Crippen LogP contribution is 2.29. The smallest absolute Gasteiger partial charge is 0.241 e. The van der Waals surface area contributed by atoms with E-state index in [0.29, 0.717) is 11.5 Å².